The second kappa shape index (κ2) is 22.5. The molecule has 5 heterocycles. The first-order valence-electron chi connectivity index (χ1n) is 20.1. The van der Waals surface area contributed by atoms with Gasteiger partial charge in [-0.15, -0.1) is 0 Å². The third kappa shape index (κ3) is 12.6. The predicted molar refractivity (Wildman–Crippen MR) is 231 cm³/mol. The molecule has 1 aliphatic heterocycles. The molecule has 1 aromatic carbocycles. The number of carboxylic acid groups (broad SMARTS) is 1. The van der Waals surface area contributed by atoms with Crippen molar-refractivity contribution in [2.75, 3.05) is 31.2 Å². The van der Waals surface area contributed by atoms with E-state index in [9.17, 15) is 33.9 Å². The average Bonchev–Trinajstić information content (AvgIpc) is 4.01. The van der Waals surface area contributed by atoms with Gasteiger partial charge in [-0.2, -0.15) is 4.98 Å². The summed E-state index contributed by atoms with van der Waals surface area (Å²) < 4.78 is 5.54. The van der Waals surface area contributed by atoms with Gasteiger partial charge in [-0.25, -0.2) is 15.0 Å². The molecule has 0 fully saturated rings. The molecule has 0 aliphatic carbocycles. The van der Waals surface area contributed by atoms with Gasteiger partial charge in [-0.1, -0.05) is 0 Å². The third-order valence-corrected chi connectivity index (χ3v) is 10.1. The van der Waals surface area contributed by atoms with Crippen molar-refractivity contribution >= 4 is 64.1 Å². The molecule has 21 heteroatoms. The number of carboxylic acids is 1. The number of methoxy groups -OCH3 is 1. The van der Waals surface area contributed by atoms with Gasteiger partial charge in [-0.05, 0) is 81.1 Å². The van der Waals surface area contributed by atoms with Crippen molar-refractivity contribution in [2.24, 2.45) is 4.99 Å². The van der Waals surface area contributed by atoms with Crippen LogP contribution in [-0.4, -0.2) is 91.3 Å². The monoisotopic (exact) mass is 882 g/mol. The number of aliphatic imine (C=N–C) groups is 1. The minimum Gasteiger partial charge on any atom is -0.548 e. The maximum Gasteiger partial charge on any atom is 1.00 e. The minimum atomic E-state index is -1.55. The molecule has 328 valence electrons. The molecule has 1 atom stereocenters. The SMILES string of the molecule is COC1=CC(c2ccc[nH]2)=N/C1=C\c1[nH]c(C)c(C(=O)CCCCC(=O)NCCNC(=O)CC[C@H](NC(=O)c2ccc(NCc3cnc4nc(N)[nH]c(=O)c4n3)cc2)C(=O)[O-])c1C.[Na+]. The molecule has 3 amide bonds. The number of carbonyl (C=O) groups excluding carboxylic acids is 5. The van der Waals surface area contributed by atoms with Crippen molar-refractivity contribution in [1.82, 2.24) is 45.9 Å². The normalized spacial score (nSPS) is 13.1. The number of nitrogens with one attached hydrogen (secondary N) is 7. The van der Waals surface area contributed by atoms with Gasteiger partial charge in [0, 0.05) is 72.8 Å². The molecule has 64 heavy (non-hydrogen) atoms. The summed E-state index contributed by atoms with van der Waals surface area (Å²) >= 11 is 0. The number of nitrogen functional groups attached to an aromatic ring is 1. The number of aromatic nitrogens is 6. The first kappa shape index (κ1) is 48.1. The zero-order valence-electron chi connectivity index (χ0n) is 35.8. The number of ketones is 1. The Morgan fingerprint density at radius 2 is 1.67 bits per heavy atom. The third-order valence-electron chi connectivity index (χ3n) is 10.1. The number of nitrogens with zero attached hydrogens (tertiary/aromatic N) is 4. The van der Waals surface area contributed by atoms with Crippen molar-refractivity contribution in [3.05, 3.63) is 116 Å². The number of unbranched alkanes of at least 4 members (excludes halogenated alkanes) is 1. The first-order chi connectivity index (χ1) is 30.3. The summed E-state index contributed by atoms with van der Waals surface area (Å²) in [5, 5.41) is 22.6. The molecule has 1 aliphatic rings. The van der Waals surface area contributed by atoms with Crippen LogP contribution in [0.1, 0.15) is 87.6 Å². The fourth-order valence-electron chi connectivity index (χ4n) is 6.81. The number of hydrogen-bond acceptors (Lipinski definition) is 14. The van der Waals surface area contributed by atoms with Gasteiger partial charge in [0.25, 0.3) is 11.5 Å². The van der Waals surface area contributed by atoms with E-state index < -0.39 is 29.4 Å². The van der Waals surface area contributed by atoms with Crippen LogP contribution in [0.15, 0.2) is 76.1 Å². The average molecular weight is 883 g/mol. The van der Waals surface area contributed by atoms with E-state index in [4.69, 9.17) is 15.5 Å². The van der Waals surface area contributed by atoms with E-state index >= 15 is 0 Å². The van der Waals surface area contributed by atoms with E-state index in [0.29, 0.717) is 41.2 Å². The summed E-state index contributed by atoms with van der Waals surface area (Å²) in [6, 6.07) is 8.54. The summed E-state index contributed by atoms with van der Waals surface area (Å²) in [6.07, 6.45) is 7.99. The van der Waals surface area contributed by atoms with E-state index in [0.717, 1.165) is 28.4 Å². The number of carbonyl (C=O) groups is 5. The number of allylic oxidation sites excluding steroid dienone is 1. The number of aromatic amines is 3. The number of fused-ring (bicyclic) bond motifs is 1. The maximum atomic E-state index is 13.2. The standard InChI is InChI=1S/C43H48N12O8.Na/c1-23-30(19-32-34(63-3)20-31(52-32)28-7-6-16-45-28)50-24(2)37(23)33(56)8-4-5-9-35(57)46-17-18-47-36(58)15-14-29(42(61)62)53-40(59)25-10-12-26(13-11-25)48-21-27-22-49-39-38(51-27)41(60)55-43(44)54-39;/h6-7,10-13,16,19-20,22,29,45,48,50H,4-5,8-9,14-15,17-18,21H2,1-3H3,(H,46,57)(H,47,58)(H,53,59)(H,61,62)(H3,44,49,54,55,60);/q;+1/p-1/b32-19-;/t29-;/m0./s1. The summed E-state index contributed by atoms with van der Waals surface area (Å²) in [7, 11) is 1.58. The maximum absolute atomic E-state index is 13.2. The van der Waals surface area contributed by atoms with Crippen LogP contribution in [0.5, 0.6) is 0 Å². The number of anilines is 2. The number of aryl methyl sites for hydroxylation is 1. The van der Waals surface area contributed by atoms with E-state index in [1.54, 1.807) is 19.2 Å². The molecule has 4 aromatic heterocycles. The van der Waals surface area contributed by atoms with Crippen molar-refractivity contribution in [2.45, 2.75) is 65.0 Å². The van der Waals surface area contributed by atoms with Gasteiger partial charge in [0.2, 0.25) is 17.8 Å². The molecule has 5 aromatic rings. The fraction of sp³-hybridized carbons (Fsp3) is 0.302. The van der Waals surface area contributed by atoms with Crippen LogP contribution >= 0.6 is 0 Å². The molecule has 0 radical (unpaired) electrons. The quantitative estimate of drug-likeness (QED) is 0.0246. The van der Waals surface area contributed by atoms with E-state index in [-0.39, 0.29) is 109 Å². The number of hydrogen-bond donors (Lipinski definition) is 8. The molecular formula is C43H47N12NaO8. The Hall–Kier alpha value is -6.90. The topological polar surface area (TPSA) is 307 Å². The molecule has 0 unspecified atom stereocenters. The van der Waals surface area contributed by atoms with Crippen molar-refractivity contribution < 1.29 is 63.4 Å². The van der Waals surface area contributed by atoms with Crippen LogP contribution in [0, 0.1) is 13.8 Å². The largest absolute Gasteiger partial charge is 1.00 e. The van der Waals surface area contributed by atoms with E-state index in [1.807, 2.05) is 44.3 Å². The number of benzene rings is 1. The zero-order valence-corrected chi connectivity index (χ0v) is 37.8. The molecule has 9 N–H and O–H groups in total. The number of H-pyrrole nitrogens is 3. The van der Waals surface area contributed by atoms with Crippen molar-refractivity contribution in [3.8, 4) is 0 Å². The van der Waals surface area contributed by atoms with Crippen molar-refractivity contribution in [1.29, 1.82) is 0 Å². The second-order valence-electron chi connectivity index (χ2n) is 14.6. The van der Waals surface area contributed by atoms with Crippen LogP contribution < -0.4 is 67.2 Å². The van der Waals surface area contributed by atoms with E-state index in [1.165, 1.54) is 18.3 Å². The summed E-state index contributed by atoms with van der Waals surface area (Å²) in [5.41, 5.74) is 11.6. The van der Waals surface area contributed by atoms with Crippen molar-refractivity contribution in [3.63, 3.8) is 0 Å². The minimum absolute atomic E-state index is 0. The predicted octanol–water partition coefficient (Wildman–Crippen LogP) is -1.14. The van der Waals surface area contributed by atoms with E-state index in [2.05, 4.69) is 51.2 Å². The van der Waals surface area contributed by atoms with Gasteiger partial charge in [0.1, 0.15) is 11.5 Å². The van der Waals surface area contributed by atoms with Crippen LogP contribution in [0.2, 0.25) is 0 Å². The Labute approximate surface area is 388 Å². The van der Waals surface area contributed by atoms with Crippen LogP contribution in [-0.2, 0) is 25.7 Å². The molecule has 0 saturated heterocycles. The van der Waals surface area contributed by atoms with Gasteiger partial charge in [-0.3, -0.25) is 29.0 Å². The number of rotatable bonds is 21. The Balaban J connectivity index is 0.00000771. The smallest absolute Gasteiger partial charge is 0.548 e. The molecule has 0 bridgehead atoms. The summed E-state index contributed by atoms with van der Waals surface area (Å²) in [5.74, 6) is -2.42. The van der Waals surface area contributed by atoms with Gasteiger partial charge in [0.15, 0.2) is 16.9 Å². The molecule has 6 rings (SSSR count). The van der Waals surface area contributed by atoms with Crippen LogP contribution in [0.3, 0.4) is 0 Å². The number of ether oxygens (including phenoxy) is 1. The fourth-order valence-corrected chi connectivity index (χ4v) is 6.81. The number of amides is 3. The Bertz CT molecular complexity index is 2670. The first-order valence-corrected chi connectivity index (χ1v) is 20.1. The Morgan fingerprint density at radius 1 is 0.953 bits per heavy atom. The van der Waals surface area contributed by atoms with Crippen LogP contribution in [0.25, 0.3) is 17.2 Å². The van der Waals surface area contributed by atoms with Gasteiger partial charge in [0.05, 0.1) is 49.0 Å². The Morgan fingerprint density at radius 3 is 2.36 bits per heavy atom. The summed E-state index contributed by atoms with van der Waals surface area (Å²) in [6.45, 7) is 4.18. The second-order valence-corrected chi connectivity index (χ2v) is 14.6. The van der Waals surface area contributed by atoms with Crippen LogP contribution in [0.4, 0.5) is 11.6 Å². The van der Waals surface area contributed by atoms with Gasteiger partial charge >= 0.3 is 29.6 Å². The zero-order chi connectivity index (χ0) is 45.0. The molecule has 0 saturated carbocycles. The number of aliphatic carboxylic acids is 1. The Kier molecular flexibility index (Phi) is 16.9. The van der Waals surface area contributed by atoms with Gasteiger partial charge < -0.3 is 51.6 Å². The number of Topliss-reactive ketones (excluding diaryl/α,β-unsaturated/α-hetero) is 1. The molecular weight excluding hydrogens is 836 g/mol. The summed E-state index contributed by atoms with van der Waals surface area (Å²) in [4.78, 5) is 101. The number of nitrogens with two attached hydrogens (primary N) is 1. The molecule has 20 nitrogen and oxygen atoms in total. The molecule has 0 spiro atoms.